The molecule has 7 N–H and O–H groups in total. The van der Waals surface area contributed by atoms with E-state index in [2.05, 4.69) is 32.1 Å². The molecule has 0 spiro atoms. The van der Waals surface area contributed by atoms with Gasteiger partial charge in [-0.3, -0.25) is 48.4 Å². The van der Waals surface area contributed by atoms with Gasteiger partial charge in [0.2, 0.25) is 27.4 Å². The van der Waals surface area contributed by atoms with E-state index in [0.29, 0.717) is 38.8 Å². The van der Waals surface area contributed by atoms with E-state index < -0.39 is 106 Å². The van der Waals surface area contributed by atoms with E-state index in [1.807, 2.05) is 13.8 Å². The molecule has 0 aromatic heterocycles. The van der Waals surface area contributed by atoms with Crippen molar-refractivity contribution >= 4 is 82.2 Å². The number of ether oxygens (including phenoxy) is 3. The largest absolute Gasteiger partial charge is 0.480 e. The molecule has 2 fully saturated rings. The van der Waals surface area contributed by atoms with Gasteiger partial charge in [0.05, 0.1) is 24.0 Å². The lowest BCUT2D eigenvalue weighted by atomic mass is 9.99. The number of rotatable bonds is 21. The maximum absolute atomic E-state index is 13.0. The van der Waals surface area contributed by atoms with Crippen molar-refractivity contribution in [3.63, 3.8) is 0 Å². The normalized spacial score (nSPS) is 20.3. The molecule has 0 bridgehead atoms. The minimum atomic E-state index is -1.74. The molecule has 2 saturated heterocycles. The summed E-state index contributed by atoms with van der Waals surface area (Å²) in [6.07, 6.45) is 8.19. The Morgan fingerprint density at radius 1 is 0.642 bits per heavy atom. The average Bonchev–Trinajstić information content (AvgIpc) is 3.28. The first-order valence-electron chi connectivity index (χ1n) is 22.4. The van der Waals surface area contributed by atoms with Gasteiger partial charge in [-0.1, -0.05) is 101 Å². The van der Waals surface area contributed by atoms with Crippen LogP contribution in [0.15, 0.2) is 24.3 Å². The number of hydrogen-bond acceptors (Lipinski definition) is 13. The van der Waals surface area contributed by atoms with Crippen LogP contribution in [0.3, 0.4) is 0 Å². The molecule has 0 unspecified atom stereocenters. The van der Waals surface area contributed by atoms with Gasteiger partial charge < -0.3 is 40.6 Å². The number of aliphatic carboxylic acids is 1. The first-order chi connectivity index (χ1) is 31.2. The predicted molar refractivity (Wildman–Crippen MR) is 253 cm³/mol. The summed E-state index contributed by atoms with van der Waals surface area (Å²) in [7, 11) is 3.02. The summed E-state index contributed by atoms with van der Waals surface area (Å²) < 4.78 is 13.9. The average molecular weight is 1010 g/mol. The highest BCUT2D eigenvalue weighted by molar-refractivity contribution is 6.67. The number of nitrogens with zero attached hydrogens (tertiary/aromatic N) is 2. The summed E-state index contributed by atoms with van der Waals surface area (Å²) in [5, 5.41) is 22.5. The Balaban J connectivity index is 0.000000678. The van der Waals surface area contributed by atoms with Crippen LogP contribution in [0.2, 0.25) is 0 Å². The highest BCUT2D eigenvalue weighted by Gasteiger charge is 2.36. The molecule has 0 saturated carbocycles. The number of allylic oxidation sites excluding steroid dienone is 2. The van der Waals surface area contributed by atoms with Gasteiger partial charge in [0, 0.05) is 27.3 Å². The van der Waals surface area contributed by atoms with Crippen LogP contribution in [0.5, 0.6) is 0 Å². The van der Waals surface area contributed by atoms with Crippen molar-refractivity contribution in [3.8, 4) is 0 Å². The number of hydrazine groups is 2. The second-order valence-electron chi connectivity index (χ2n) is 17.1. The SMILES string of the molecule is C/C=C/[C@@H](OC)[C@@H](C)C(=O)N[C@H](C(=O)N[C@@H](C)C(=O)N1CCC[C@@H](C(=O)O)N1)C(C)C.C/C=C/[C@@H](OC)[C@@H](C)C(=O)N[C@H](C(=O)N[C@@H](C)C(=O)N1CCC[C@@H](C(=O)OCC(Cl)(Cl)Cl)N1)C(C)C. The third-order valence-corrected chi connectivity index (χ3v) is 11.3. The quantitative estimate of drug-likeness (QED) is 0.0496. The van der Waals surface area contributed by atoms with Gasteiger partial charge >= 0.3 is 11.9 Å². The fourth-order valence-corrected chi connectivity index (χ4v) is 7.07. The molecule has 2 rings (SSSR count). The second-order valence-corrected chi connectivity index (χ2v) is 19.7. The monoisotopic (exact) mass is 1010 g/mol. The first-order valence-corrected chi connectivity index (χ1v) is 23.5. The fraction of sp³-hybridized carbons (Fsp3) is 0.727. The lowest BCUT2D eigenvalue weighted by Gasteiger charge is -2.35. The van der Waals surface area contributed by atoms with Crippen LogP contribution in [-0.4, -0.2) is 149 Å². The Labute approximate surface area is 409 Å². The molecule has 20 nitrogen and oxygen atoms in total. The predicted octanol–water partition coefficient (Wildman–Crippen LogP) is 2.71. The zero-order valence-corrected chi connectivity index (χ0v) is 42.9. The first kappa shape index (κ1) is 61.0. The highest BCUT2D eigenvalue weighted by Crippen LogP contribution is 2.26. The Morgan fingerprint density at radius 2 is 1.01 bits per heavy atom. The molecule has 10 atom stereocenters. The summed E-state index contributed by atoms with van der Waals surface area (Å²) in [5.41, 5.74) is 5.49. The lowest BCUT2D eigenvalue weighted by Crippen LogP contribution is -2.61. The van der Waals surface area contributed by atoms with Crippen LogP contribution in [0.25, 0.3) is 0 Å². The van der Waals surface area contributed by atoms with Gasteiger partial charge in [-0.15, -0.1) is 0 Å². The number of hydrogen-bond donors (Lipinski definition) is 7. The topological polar surface area (TPSA) is 263 Å². The summed E-state index contributed by atoms with van der Waals surface area (Å²) in [6, 6.07) is -5.15. The maximum atomic E-state index is 13.0. The zero-order chi connectivity index (χ0) is 51.3. The maximum Gasteiger partial charge on any atom is 0.325 e. The van der Waals surface area contributed by atoms with Gasteiger partial charge in [0.15, 0.2) is 0 Å². The van der Waals surface area contributed by atoms with E-state index in [1.165, 1.54) is 38.1 Å². The van der Waals surface area contributed by atoms with Crippen molar-refractivity contribution in [1.82, 2.24) is 42.1 Å². The minimum absolute atomic E-state index is 0.217. The van der Waals surface area contributed by atoms with Crippen molar-refractivity contribution in [3.05, 3.63) is 24.3 Å². The lowest BCUT2D eigenvalue weighted by molar-refractivity contribution is -0.153. The molecule has 0 aliphatic carbocycles. The Hall–Kier alpha value is -4.05. The van der Waals surface area contributed by atoms with Crippen LogP contribution in [0.1, 0.15) is 94.9 Å². The number of amides is 6. The minimum Gasteiger partial charge on any atom is -0.480 e. The van der Waals surface area contributed by atoms with E-state index in [4.69, 9.17) is 54.1 Å². The van der Waals surface area contributed by atoms with E-state index in [1.54, 1.807) is 65.8 Å². The molecule has 2 aliphatic heterocycles. The number of carbonyl (C=O) groups excluding carboxylic acids is 7. The molecule has 382 valence electrons. The number of carbonyl (C=O) groups is 8. The van der Waals surface area contributed by atoms with E-state index >= 15 is 0 Å². The molecule has 0 radical (unpaired) electrons. The number of carboxylic acids is 1. The Bertz CT molecular complexity index is 1730. The van der Waals surface area contributed by atoms with Crippen LogP contribution in [0.4, 0.5) is 0 Å². The molecule has 0 aromatic carbocycles. The van der Waals surface area contributed by atoms with Gasteiger partial charge in [0.25, 0.3) is 11.8 Å². The third kappa shape index (κ3) is 20.6. The van der Waals surface area contributed by atoms with Gasteiger partial charge in [-0.25, -0.2) is 10.9 Å². The van der Waals surface area contributed by atoms with Crippen LogP contribution < -0.4 is 32.1 Å². The standard InChI is InChI=1S/C23H37Cl3N4O6.C21H36N4O6/c1-7-9-17(35-6)14(4)19(31)28-18(13(2)3)20(32)27-15(5)21(33)30-11-8-10-16(29-30)22(34)36-12-23(24,25)26;1-7-9-16(31-6)13(4)18(26)23-17(12(2)3)19(27)22-14(5)20(28)25-11-8-10-15(24-25)21(29)30/h7,9,13-18,29H,8,10-12H2,1-6H3,(H,27,32)(H,28,31);7,9,12-17,24H,8,10-11H2,1-6H3,(H,22,27)(H,23,26)(H,29,30)/b2*9-7+/t14-,15+,16+,17-,18+;13-,14+,15+,16-,17+/m11/s1. The summed E-state index contributed by atoms with van der Waals surface area (Å²) in [4.78, 5) is 100. The number of alkyl halides is 3. The van der Waals surface area contributed by atoms with E-state index in [-0.39, 0.29) is 23.7 Å². The number of methoxy groups -OCH3 is 2. The van der Waals surface area contributed by atoms with E-state index in [9.17, 15) is 38.4 Å². The highest BCUT2D eigenvalue weighted by atomic mass is 35.6. The summed E-state index contributed by atoms with van der Waals surface area (Å²) in [5.74, 6) is -5.73. The Kier molecular flexibility index (Phi) is 27.1. The molecule has 2 heterocycles. The number of halogens is 3. The molecule has 23 heteroatoms. The molecule has 6 amide bonds. The third-order valence-electron chi connectivity index (χ3n) is 10.9. The van der Waals surface area contributed by atoms with E-state index in [0.717, 1.165) is 0 Å². The van der Waals surface area contributed by atoms with Crippen LogP contribution in [-0.2, 0) is 52.6 Å². The van der Waals surface area contributed by atoms with Crippen molar-refractivity contribution in [2.75, 3.05) is 33.9 Å². The summed E-state index contributed by atoms with van der Waals surface area (Å²) in [6.45, 7) is 17.6. The van der Waals surface area contributed by atoms with Gasteiger partial charge in [-0.2, -0.15) is 0 Å². The van der Waals surface area contributed by atoms with Crippen molar-refractivity contribution in [2.24, 2.45) is 23.7 Å². The van der Waals surface area contributed by atoms with Crippen molar-refractivity contribution in [1.29, 1.82) is 0 Å². The smallest absolute Gasteiger partial charge is 0.325 e. The fourth-order valence-electron chi connectivity index (χ4n) is 6.91. The molecular weight excluding hydrogens is 939 g/mol. The second kappa shape index (κ2) is 29.8. The molecule has 67 heavy (non-hydrogen) atoms. The number of nitrogens with one attached hydrogen (secondary N) is 6. The zero-order valence-electron chi connectivity index (χ0n) is 40.7. The summed E-state index contributed by atoms with van der Waals surface area (Å²) >= 11 is 16.8. The number of carboxylic acid groups (broad SMARTS) is 1. The van der Waals surface area contributed by atoms with Gasteiger partial charge in [0.1, 0.15) is 42.9 Å². The van der Waals surface area contributed by atoms with Crippen LogP contribution >= 0.6 is 34.8 Å². The van der Waals surface area contributed by atoms with Crippen molar-refractivity contribution in [2.45, 2.75) is 147 Å². The number of esters is 1. The van der Waals surface area contributed by atoms with Crippen LogP contribution in [0, 0.1) is 23.7 Å². The van der Waals surface area contributed by atoms with Gasteiger partial charge in [-0.05, 0) is 65.2 Å². The molecular formula is C44H73Cl3N8O12. The Morgan fingerprint density at radius 3 is 1.34 bits per heavy atom. The molecule has 0 aromatic rings. The molecule has 2 aliphatic rings. The van der Waals surface area contributed by atoms with Crippen molar-refractivity contribution < 1.29 is 57.7 Å².